The van der Waals surface area contributed by atoms with Gasteiger partial charge in [-0.3, -0.25) is 9.59 Å². The summed E-state index contributed by atoms with van der Waals surface area (Å²) in [4.78, 5) is 22.9. The quantitative estimate of drug-likeness (QED) is 0.236. The standard InChI is InChI=1S/C20H38O8S2/c1-4-7-8-9-10-11-14-17-20(29(24,25)5-2,30(26,27)6-3)28-19(23)16-13-12-15-18(21)22/h4-17H2,1-3H3,(H,21,22). The van der Waals surface area contributed by atoms with Crippen LogP contribution in [0, 0.1) is 0 Å². The summed E-state index contributed by atoms with van der Waals surface area (Å²) in [5.74, 6) is -2.86. The lowest BCUT2D eigenvalue weighted by Crippen LogP contribution is -2.51. The first-order valence-corrected chi connectivity index (χ1v) is 14.2. The molecule has 0 amide bonds. The molecule has 8 nitrogen and oxygen atoms in total. The SMILES string of the molecule is CCCCCCCCCC(OC(=O)CCCCC(=O)O)(S(=O)(=O)CC)S(=O)(=O)CC. The minimum absolute atomic E-state index is 0.128. The van der Waals surface area contributed by atoms with E-state index in [4.69, 9.17) is 9.84 Å². The van der Waals surface area contributed by atoms with Crippen molar-refractivity contribution in [1.82, 2.24) is 0 Å². The molecule has 0 aromatic carbocycles. The molecule has 0 aliphatic heterocycles. The number of sulfone groups is 2. The van der Waals surface area contributed by atoms with Gasteiger partial charge in [0.05, 0.1) is 11.5 Å². The van der Waals surface area contributed by atoms with E-state index in [2.05, 4.69) is 6.92 Å². The summed E-state index contributed by atoms with van der Waals surface area (Å²) in [5.41, 5.74) is 0. The van der Waals surface area contributed by atoms with Gasteiger partial charge < -0.3 is 9.84 Å². The summed E-state index contributed by atoms with van der Waals surface area (Å²) in [6, 6.07) is 0. The fourth-order valence-corrected chi connectivity index (χ4v) is 7.68. The molecule has 0 heterocycles. The molecule has 10 heteroatoms. The topological polar surface area (TPSA) is 132 Å². The Morgan fingerprint density at radius 1 is 0.733 bits per heavy atom. The largest absolute Gasteiger partial charge is 0.481 e. The van der Waals surface area contributed by atoms with E-state index in [0.717, 1.165) is 32.1 Å². The average molecular weight is 471 g/mol. The van der Waals surface area contributed by atoms with E-state index in [0.29, 0.717) is 12.8 Å². The molecule has 0 aliphatic rings. The van der Waals surface area contributed by atoms with Crippen LogP contribution in [0.4, 0.5) is 0 Å². The van der Waals surface area contributed by atoms with Crippen molar-refractivity contribution >= 4 is 31.6 Å². The zero-order valence-electron chi connectivity index (χ0n) is 18.5. The van der Waals surface area contributed by atoms with Crippen molar-refractivity contribution in [3.63, 3.8) is 0 Å². The predicted octanol–water partition coefficient (Wildman–Crippen LogP) is 3.84. The molecule has 0 bridgehead atoms. The van der Waals surface area contributed by atoms with E-state index in [-0.39, 0.29) is 32.1 Å². The summed E-state index contributed by atoms with van der Waals surface area (Å²) >= 11 is 0. The van der Waals surface area contributed by atoms with Gasteiger partial charge in [-0.2, -0.15) is 0 Å². The van der Waals surface area contributed by atoms with Gasteiger partial charge in [0.1, 0.15) is 0 Å². The molecule has 0 fully saturated rings. The Morgan fingerprint density at radius 3 is 1.67 bits per heavy atom. The van der Waals surface area contributed by atoms with Crippen molar-refractivity contribution in [3.05, 3.63) is 0 Å². The average Bonchev–Trinajstić information content (AvgIpc) is 2.69. The van der Waals surface area contributed by atoms with E-state index in [9.17, 15) is 26.4 Å². The van der Waals surface area contributed by atoms with Crippen LogP contribution >= 0.6 is 0 Å². The van der Waals surface area contributed by atoms with Crippen LogP contribution in [-0.2, 0) is 34.0 Å². The molecule has 0 unspecified atom stereocenters. The minimum Gasteiger partial charge on any atom is -0.481 e. The minimum atomic E-state index is -4.26. The summed E-state index contributed by atoms with van der Waals surface area (Å²) < 4.78 is 54.1. The highest BCUT2D eigenvalue weighted by molar-refractivity contribution is 8.10. The van der Waals surface area contributed by atoms with Crippen LogP contribution in [0.25, 0.3) is 0 Å². The highest BCUT2D eigenvalue weighted by Crippen LogP contribution is 2.35. The van der Waals surface area contributed by atoms with Gasteiger partial charge in [0, 0.05) is 19.3 Å². The lowest BCUT2D eigenvalue weighted by molar-refractivity contribution is -0.148. The molecule has 0 saturated heterocycles. The first-order valence-electron chi connectivity index (χ1n) is 10.9. The molecular formula is C20H38O8S2. The molecule has 0 aromatic rings. The van der Waals surface area contributed by atoms with Gasteiger partial charge in [0.2, 0.25) is 19.7 Å². The number of carboxylic acid groups (broad SMARTS) is 1. The maximum absolute atomic E-state index is 12.9. The first-order chi connectivity index (χ1) is 14.0. The smallest absolute Gasteiger partial charge is 0.310 e. The number of aliphatic carboxylic acids is 1. The van der Waals surface area contributed by atoms with Crippen LogP contribution in [0.5, 0.6) is 0 Å². The van der Waals surface area contributed by atoms with Gasteiger partial charge >= 0.3 is 16.2 Å². The second kappa shape index (κ2) is 14.0. The van der Waals surface area contributed by atoms with E-state index >= 15 is 0 Å². The Hall–Kier alpha value is -1.16. The Balaban J connectivity index is 5.40. The molecule has 0 spiro atoms. The first kappa shape index (κ1) is 28.8. The Kier molecular flexibility index (Phi) is 13.5. The van der Waals surface area contributed by atoms with Crippen LogP contribution in [0.2, 0.25) is 0 Å². The van der Waals surface area contributed by atoms with Crippen molar-refractivity contribution in [2.24, 2.45) is 0 Å². The second-order valence-corrected chi connectivity index (χ2v) is 12.6. The van der Waals surface area contributed by atoms with E-state index in [1.54, 1.807) is 0 Å². The number of unbranched alkanes of at least 4 members (excludes halogenated alkanes) is 7. The van der Waals surface area contributed by atoms with Gasteiger partial charge in [-0.25, -0.2) is 16.8 Å². The second-order valence-electron chi connectivity index (χ2n) is 7.44. The van der Waals surface area contributed by atoms with Crippen LogP contribution in [0.1, 0.15) is 97.8 Å². The van der Waals surface area contributed by atoms with Crippen LogP contribution in [-0.4, -0.2) is 49.7 Å². The summed E-state index contributed by atoms with van der Waals surface area (Å²) in [6.07, 6.45) is 5.88. The predicted molar refractivity (Wildman–Crippen MR) is 116 cm³/mol. The lowest BCUT2D eigenvalue weighted by Gasteiger charge is -2.32. The molecule has 0 saturated carbocycles. The van der Waals surface area contributed by atoms with Gasteiger partial charge in [-0.1, -0.05) is 59.3 Å². The summed E-state index contributed by atoms with van der Waals surface area (Å²) in [7, 11) is -8.51. The highest BCUT2D eigenvalue weighted by atomic mass is 32.3. The number of carboxylic acids is 1. The van der Waals surface area contributed by atoms with Crippen molar-refractivity contribution in [1.29, 1.82) is 0 Å². The number of carbonyl (C=O) groups excluding carboxylic acids is 1. The summed E-state index contributed by atoms with van der Waals surface area (Å²) in [5, 5.41) is 8.66. The van der Waals surface area contributed by atoms with Crippen molar-refractivity contribution in [3.8, 4) is 0 Å². The fraction of sp³-hybridized carbons (Fsp3) is 0.900. The zero-order chi connectivity index (χ0) is 23.3. The molecular weight excluding hydrogens is 432 g/mol. The fourth-order valence-electron chi connectivity index (χ4n) is 3.19. The number of hydrogen-bond donors (Lipinski definition) is 1. The van der Waals surface area contributed by atoms with Gasteiger partial charge in [-0.05, 0) is 19.3 Å². The Bertz CT molecular complexity index is 692. The molecule has 30 heavy (non-hydrogen) atoms. The molecule has 0 rings (SSSR count). The maximum Gasteiger partial charge on any atom is 0.310 e. The zero-order valence-corrected chi connectivity index (χ0v) is 20.2. The molecule has 0 aromatic heterocycles. The third kappa shape index (κ3) is 8.91. The van der Waals surface area contributed by atoms with Gasteiger partial charge in [-0.15, -0.1) is 0 Å². The monoisotopic (exact) mass is 470 g/mol. The number of esters is 1. The molecule has 1 N–H and O–H groups in total. The maximum atomic E-state index is 12.9. The number of ether oxygens (including phenoxy) is 1. The Morgan fingerprint density at radius 2 is 1.20 bits per heavy atom. The van der Waals surface area contributed by atoms with Crippen LogP contribution in [0.15, 0.2) is 0 Å². The van der Waals surface area contributed by atoms with Gasteiger partial charge in [0.25, 0.3) is 0 Å². The van der Waals surface area contributed by atoms with Gasteiger partial charge in [0.15, 0.2) is 0 Å². The number of rotatable bonds is 18. The third-order valence-electron chi connectivity index (χ3n) is 5.09. The molecule has 0 atom stereocenters. The lowest BCUT2D eigenvalue weighted by atomic mass is 10.1. The van der Waals surface area contributed by atoms with E-state index in [1.165, 1.54) is 13.8 Å². The molecule has 0 radical (unpaired) electrons. The van der Waals surface area contributed by atoms with Crippen LogP contribution in [0.3, 0.4) is 0 Å². The van der Waals surface area contributed by atoms with Crippen molar-refractivity contribution < 1.29 is 36.3 Å². The molecule has 0 aliphatic carbocycles. The normalized spacial score (nSPS) is 12.6. The van der Waals surface area contributed by atoms with E-state index in [1.807, 2.05) is 0 Å². The molecule has 178 valence electrons. The van der Waals surface area contributed by atoms with E-state index < -0.39 is 47.4 Å². The number of carbonyl (C=O) groups is 2. The van der Waals surface area contributed by atoms with Crippen molar-refractivity contribution in [2.45, 2.75) is 102 Å². The Labute approximate surface area is 181 Å². The summed E-state index contributed by atoms with van der Waals surface area (Å²) in [6.45, 7) is 4.77. The number of hydrogen-bond acceptors (Lipinski definition) is 7. The highest BCUT2D eigenvalue weighted by Gasteiger charge is 2.56. The van der Waals surface area contributed by atoms with Crippen LogP contribution < -0.4 is 0 Å². The van der Waals surface area contributed by atoms with Crippen molar-refractivity contribution in [2.75, 3.05) is 11.5 Å². The third-order valence-corrected chi connectivity index (χ3v) is 10.6.